The van der Waals surface area contributed by atoms with Crippen molar-refractivity contribution in [1.82, 2.24) is 14.9 Å². The van der Waals surface area contributed by atoms with Crippen LogP contribution in [0, 0.1) is 0 Å². The van der Waals surface area contributed by atoms with E-state index in [0.29, 0.717) is 40.8 Å². The molecule has 118 valence electrons. The van der Waals surface area contributed by atoms with Gasteiger partial charge >= 0.3 is 0 Å². The van der Waals surface area contributed by atoms with Gasteiger partial charge in [-0.2, -0.15) is 0 Å². The number of aromatic nitrogens is 2. The van der Waals surface area contributed by atoms with E-state index < -0.39 is 0 Å². The van der Waals surface area contributed by atoms with Crippen molar-refractivity contribution in [2.75, 3.05) is 20.8 Å². The second kappa shape index (κ2) is 5.96. The Kier molecular flexibility index (Phi) is 4.02. The van der Waals surface area contributed by atoms with Crippen molar-refractivity contribution in [1.29, 1.82) is 0 Å². The lowest BCUT2D eigenvalue weighted by Crippen LogP contribution is -2.27. The van der Waals surface area contributed by atoms with E-state index in [1.165, 1.54) is 12.8 Å². The molecule has 6 heteroatoms. The molecule has 1 aliphatic rings. The van der Waals surface area contributed by atoms with Crippen molar-refractivity contribution in [3.63, 3.8) is 0 Å². The SMILES string of the molecule is CCN(Cc1nc2cc(OC)c(OC)cc2c(=O)[nH]1)C1CC1. The standard InChI is InChI=1S/C16H21N3O3/c1-4-19(10-5-6-10)9-15-17-12-8-14(22-3)13(21-2)7-11(12)16(20)18-15/h7-8,10H,4-6,9H2,1-3H3,(H,17,18,20). The maximum atomic E-state index is 12.3. The first-order chi connectivity index (χ1) is 10.7. The van der Waals surface area contributed by atoms with E-state index in [1.54, 1.807) is 26.4 Å². The third-order valence-corrected chi connectivity index (χ3v) is 4.08. The zero-order valence-electron chi connectivity index (χ0n) is 13.2. The first-order valence-electron chi connectivity index (χ1n) is 7.55. The summed E-state index contributed by atoms with van der Waals surface area (Å²) in [5.74, 6) is 1.80. The molecule has 1 aliphatic carbocycles. The van der Waals surface area contributed by atoms with Gasteiger partial charge in [-0.1, -0.05) is 6.92 Å². The van der Waals surface area contributed by atoms with Gasteiger partial charge in [-0.3, -0.25) is 9.69 Å². The largest absolute Gasteiger partial charge is 0.493 e. The number of H-pyrrole nitrogens is 1. The molecule has 1 fully saturated rings. The van der Waals surface area contributed by atoms with E-state index in [1.807, 2.05) is 0 Å². The summed E-state index contributed by atoms with van der Waals surface area (Å²) in [5, 5.41) is 0.510. The molecule has 1 aromatic carbocycles. The number of aromatic amines is 1. The van der Waals surface area contributed by atoms with Crippen molar-refractivity contribution >= 4 is 10.9 Å². The predicted molar refractivity (Wildman–Crippen MR) is 84.6 cm³/mol. The summed E-state index contributed by atoms with van der Waals surface area (Å²) >= 11 is 0. The molecule has 1 aromatic heterocycles. The monoisotopic (exact) mass is 303 g/mol. The van der Waals surface area contributed by atoms with Gasteiger partial charge in [0, 0.05) is 12.1 Å². The minimum Gasteiger partial charge on any atom is -0.493 e. The topological polar surface area (TPSA) is 67.5 Å². The Bertz CT molecular complexity index is 737. The van der Waals surface area contributed by atoms with Gasteiger partial charge in [-0.05, 0) is 25.5 Å². The molecule has 22 heavy (non-hydrogen) atoms. The average Bonchev–Trinajstić information content (AvgIpc) is 3.36. The highest BCUT2D eigenvalue weighted by molar-refractivity contribution is 5.81. The third-order valence-electron chi connectivity index (χ3n) is 4.08. The van der Waals surface area contributed by atoms with Gasteiger partial charge in [0.25, 0.3) is 5.56 Å². The van der Waals surface area contributed by atoms with Crippen molar-refractivity contribution in [3.05, 3.63) is 28.3 Å². The van der Waals surface area contributed by atoms with E-state index in [2.05, 4.69) is 21.8 Å². The fourth-order valence-corrected chi connectivity index (χ4v) is 2.72. The van der Waals surface area contributed by atoms with Crippen LogP contribution in [0.5, 0.6) is 11.5 Å². The maximum Gasteiger partial charge on any atom is 0.258 e. The van der Waals surface area contributed by atoms with Gasteiger partial charge in [-0.25, -0.2) is 4.98 Å². The van der Waals surface area contributed by atoms with E-state index in [0.717, 1.165) is 6.54 Å². The highest BCUT2D eigenvalue weighted by Crippen LogP contribution is 2.30. The number of methoxy groups -OCH3 is 2. The second-order valence-corrected chi connectivity index (χ2v) is 5.53. The molecule has 0 radical (unpaired) electrons. The molecule has 6 nitrogen and oxygen atoms in total. The van der Waals surface area contributed by atoms with Crippen LogP contribution in [-0.2, 0) is 6.54 Å². The van der Waals surface area contributed by atoms with Crippen molar-refractivity contribution in [2.24, 2.45) is 0 Å². The van der Waals surface area contributed by atoms with Crippen LogP contribution in [-0.4, -0.2) is 41.7 Å². The molecule has 3 rings (SSSR count). The Morgan fingerprint density at radius 2 is 1.95 bits per heavy atom. The lowest BCUT2D eigenvalue weighted by Gasteiger charge is -2.19. The molecule has 0 spiro atoms. The Labute approximate surface area is 129 Å². The summed E-state index contributed by atoms with van der Waals surface area (Å²) in [6, 6.07) is 4.05. The normalized spacial score (nSPS) is 14.5. The van der Waals surface area contributed by atoms with Crippen LogP contribution in [0.3, 0.4) is 0 Å². The summed E-state index contributed by atoms with van der Waals surface area (Å²) in [7, 11) is 3.12. The van der Waals surface area contributed by atoms with Crippen molar-refractivity contribution in [2.45, 2.75) is 32.4 Å². The molecule has 0 saturated heterocycles. The molecule has 1 N–H and O–H groups in total. The molecule has 0 aliphatic heterocycles. The Morgan fingerprint density at radius 1 is 1.27 bits per heavy atom. The third kappa shape index (κ3) is 2.78. The fraction of sp³-hybridized carbons (Fsp3) is 0.500. The van der Waals surface area contributed by atoms with Crippen LogP contribution in [0.25, 0.3) is 10.9 Å². The van der Waals surface area contributed by atoms with Gasteiger partial charge in [0.05, 0.1) is 31.7 Å². The van der Waals surface area contributed by atoms with Crippen LogP contribution in [0.1, 0.15) is 25.6 Å². The predicted octanol–water partition coefficient (Wildman–Crippen LogP) is 1.92. The van der Waals surface area contributed by atoms with E-state index in [-0.39, 0.29) is 5.56 Å². The van der Waals surface area contributed by atoms with Crippen LogP contribution in [0.4, 0.5) is 0 Å². The fourth-order valence-electron chi connectivity index (χ4n) is 2.72. The van der Waals surface area contributed by atoms with Crippen LogP contribution in [0.2, 0.25) is 0 Å². The van der Waals surface area contributed by atoms with Crippen LogP contribution in [0.15, 0.2) is 16.9 Å². The minimum absolute atomic E-state index is 0.146. The summed E-state index contributed by atoms with van der Waals surface area (Å²) < 4.78 is 10.5. The van der Waals surface area contributed by atoms with Crippen molar-refractivity contribution in [3.8, 4) is 11.5 Å². The lowest BCUT2D eigenvalue weighted by molar-refractivity contribution is 0.262. The molecule has 1 saturated carbocycles. The van der Waals surface area contributed by atoms with E-state index in [4.69, 9.17) is 9.47 Å². The number of hydrogen-bond donors (Lipinski definition) is 1. The first kappa shape index (κ1) is 14.8. The quantitative estimate of drug-likeness (QED) is 0.883. The smallest absolute Gasteiger partial charge is 0.258 e. The number of ether oxygens (including phenoxy) is 2. The Hall–Kier alpha value is -2.08. The maximum absolute atomic E-state index is 12.3. The number of hydrogen-bond acceptors (Lipinski definition) is 5. The molecule has 0 atom stereocenters. The average molecular weight is 303 g/mol. The van der Waals surface area contributed by atoms with Crippen LogP contribution >= 0.6 is 0 Å². The first-order valence-corrected chi connectivity index (χ1v) is 7.55. The highest BCUT2D eigenvalue weighted by Gasteiger charge is 2.28. The molecule has 1 heterocycles. The molecule has 2 aromatic rings. The van der Waals surface area contributed by atoms with Gasteiger partial charge in [-0.15, -0.1) is 0 Å². The number of nitrogens with one attached hydrogen (secondary N) is 1. The summed E-state index contributed by atoms with van der Waals surface area (Å²) in [4.78, 5) is 22.1. The zero-order chi connectivity index (χ0) is 15.7. The summed E-state index contributed by atoms with van der Waals surface area (Å²) in [6.07, 6.45) is 2.47. The van der Waals surface area contributed by atoms with E-state index >= 15 is 0 Å². The molecule has 0 amide bonds. The second-order valence-electron chi connectivity index (χ2n) is 5.53. The lowest BCUT2D eigenvalue weighted by atomic mass is 10.2. The summed E-state index contributed by atoms with van der Waals surface area (Å²) in [5.41, 5.74) is 0.482. The number of fused-ring (bicyclic) bond motifs is 1. The highest BCUT2D eigenvalue weighted by atomic mass is 16.5. The van der Waals surface area contributed by atoms with Gasteiger partial charge < -0.3 is 14.5 Å². The molecular formula is C16H21N3O3. The number of nitrogens with zero attached hydrogens (tertiary/aromatic N) is 2. The van der Waals surface area contributed by atoms with Crippen molar-refractivity contribution < 1.29 is 9.47 Å². The minimum atomic E-state index is -0.146. The van der Waals surface area contributed by atoms with Gasteiger partial charge in [0.2, 0.25) is 0 Å². The van der Waals surface area contributed by atoms with E-state index in [9.17, 15) is 4.79 Å². The molecule has 0 unspecified atom stereocenters. The Balaban J connectivity index is 2.01. The molecular weight excluding hydrogens is 282 g/mol. The van der Waals surface area contributed by atoms with Crippen LogP contribution < -0.4 is 15.0 Å². The Morgan fingerprint density at radius 3 is 2.55 bits per heavy atom. The van der Waals surface area contributed by atoms with Gasteiger partial charge in [0.1, 0.15) is 5.82 Å². The number of benzene rings is 1. The van der Waals surface area contributed by atoms with Gasteiger partial charge in [0.15, 0.2) is 11.5 Å². The summed E-state index contributed by atoms with van der Waals surface area (Å²) in [6.45, 7) is 3.75. The zero-order valence-corrected chi connectivity index (χ0v) is 13.2. The number of rotatable bonds is 6. The molecule has 0 bridgehead atoms.